The average Bonchev–Trinajstić information content (AvgIpc) is 3.39. The van der Waals surface area contributed by atoms with E-state index in [-0.39, 0.29) is 17.2 Å². The number of thioether (sulfide) groups is 1. The highest BCUT2D eigenvalue weighted by Gasteiger charge is 2.26. The summed E-state index contributed by atoms with van der Waals surface area (Å²) in [7, 11) is 2.16. The van der Waals surface area contributed by atoms with Crippen LogP contribution in [0.15, 0.2) is 45.8 Å². The third-order valence-electron chi connectivity index (χ3n) is 5.22. The molecule has 0 radical (unpaired) electrons. The van der Waals surface area contributed by atoms with E-state index >= 15 is 0 Å². The average molecular weight is 505 g/mol. The molecular formula is C21H19ClN5O2S3+. The number of fused-ring (bicyclic) bond motifs is 3. The van der Waals surface area contributed by atoms with Crippen LogP contribution >= 0.6 is 46.0 Å². The molecule has 0 spiro atoms. The molecule has 0 saturated carbocycles. The van der Waals surface area contributed by atoms with Crippen molar-refractivity contribution >= 4 is 67.3 Å². The number of rotatable bonds is 5. The Morgan fingerprint density at radius 3 is 3.06 bits per heavy atom. The molecule has 1 aromatic carbocycles. The topological polar surface area (TPSA) is 81.3 Å². The zero-order valence-electron chi connectivity index (χ0n) is 17.1. The molecular weight excluding hydrogens is 486 g/mol. The zero-order chi connectivity index (χ0) is 22.2. The maximum atomic E-state index is 13.7. The van der Waals surface area contributed by atoms with E-state index in [2.05, 4.69) is 17.3 Å². The highest BCUT2D eigenvalue weighted by atomic mass is 35.5. The minimum Gasteiger partial charge on any atom is -0.333 e. The number of hydrogen-bond acceptors (Lipinski definition) is 7. The molecule has 3 aromatic heterocycles. The standard InChI is InChI=1S/C21H18ClN5O2S3/c1-26-7-5-14-15(10-26)32-18-17(14)19(29)27(13-4-2-3-12(22)9-13)21(25-18)31-11-16(28)24-20-23-6-8-30-20/h2-4,6,8-9H,5,7,10-11H2,1H3,(H,23,24,28)/p+1. The van der Waals surface area contributed by atoms with E-state index in [0.29, 0.717) is 26.4 Å². The van der Waals surface area contributed by atoms with Gasteiger partial charge < -0.3 is 10.2 Å². The SMILES string of the molecule is C[NH+]1CCc2c(sc3nc(SCC(=O)Nc4nccs4)n(-c4cccc(Cl)c4)c(=O)c23)C1. The number of carbonyl (C=O) groups excluding carboxylic acids is 1. The summed E-state index contributed by atoms with van der Waals surface area (Å²) in [4.78, 5) is 38.5. The van der Waals surface area contributed by atoms with Crippen molar-refractivity contribution in [3.05, 3.63) is 61.7 Å². The van der Waals surface area contributed by atoms with Crippen LogP contribution in [0.4, 0.5) is 5.13 Å². The number of nitrogens with zero attached hydrogens (tertiary/aromatic N) is 3. The summed E-state index contributed by atoms with van der Waals surface area (Å²) in [6.07, 6.45) is 2.49. The van der Waals surface area contributed by atoms with Gasteiger partial charge in [0.2, 0.25) is 5.91 Å². The number of halogens is 1. The van der Waals surface area contributed by atoms with Crippen LogP contribution in [0, 0.1) is 0 Å². The van der Waals surface area contributed by atoms with Crippen LogP contribution in [0.2, 0.25) is 5.02 Å². The molecule has 164 valence electrons. The van der Waals surface area contributed by atoms with Gasteiger partial charge in [0.15, 0.2) is 10.3 Å². The summed E-state index contributed by atoms with van der Waals surface area (Å²) in [5.74, 6) is -0.0941. The normalized spacial score (nSPS) is 15.6. The number of hydrogen-bond donors (Lipinski definition) is 2. The van der Waals surface area contributed by atoms with Crippen LogP contribution in [-0.4, -0.2) is 39.8 Å². The van der Waals surface area contributed by atoms with Crippen LogP contribution in [-0.2, 0) is 17.8 Å². The molecule has 1 aliphatic heterocycles. The number of likely N-dealkylation sites (N-methyl/N-ethyl adjacent to an activating group) is 1. The van der Waals surface area contributed by atoms with E-state index in [1.807, 2.05) is 6.07 Å². The van der Waals surface area contributed by atoms with Crippen LogP contribution in [0.3, 0.4) is 0 Å². The van der Waals surface area contributed by atoms with Gasteiger partial charge >= 0.3 is 0 Å². The van der Waals surface area contributed by atoms with Crippen molar-refractivity contribution in [1.29, 1.82) is 0 Å². The van der Waals surface area contributed by atoms with E-state index in [0.717, 1.165) is 29.9 Å². The van der Waals surface area contributed by atoms with Crippen LogP contribution < -0.4 is 15.8 Å². The van der Waals surface area contributed by atoms with Crippen molar-refractivity contribution in [2.75, 3.05) is 24.7 Å². The van der Waals surface area contributed by atoms with Crippen molar-refractivity contribution in [2.24, 2.45) is 0 Å². The Hall–Kier alpha value is -2.24. The summed E-state index contributed by atoms with van der Waals surface area (Å²) >= 11 is 10.4. The van der Waals surface area contributed by atoms with Crippen LogP contribution in [0.1, 0.15) is 10.4 Å². The number of amides is 1. The molecule has 4 aromatic rings. The third-order valence-corrected chi connectivity index (χ3v) is 8.21. The molecule has 0 aliphatic carbocycles. The van der Waals surface area contributed by atoms with Crippen molar-refractivity contribution < 1.29 is 9.69 Å². The van der Waals surface area contributed by atoms with E-state index in [1.54, 1.807) is 45.7 Å². The highest BCUT2D eigenvalue weighted by molar-refractivity contribution is 7.99. The minimum absolute atomic E-state index is 0.107. The second-order valence-corrected chi connectivity index (χ2v) is 10.9. The van der Waals surface area contributed by atoms with Gasteiger partial charge in [-0.25, -0.2) is 9.97 Å². The Bertz CT molecular complexity index is 1370. The molecule has 0 saturated heterocycles. The molecule has 7 nitrogen and oxygen atoms in total. The lowest BCUT2D eigenvalue weighted by Crippen LogP contribution is -3.08. The lowest BCUT2D eigenvalue weighted by Gasteiger charge is -2.19. The second-order valence-electron chi connectivity index (χ2n) is 7.51. The van der Waals surface area contributed by atoms with Crippen LogP contribution in [0.25, 0.3) is 15.9 Å². The van der Waals surface area contributed by atoms with Gasteiger partial charge in [0.05, 0.1) is 35.3 Å². The maximum absolute atomic E-state index is 13.7. The van der Waals surface area contributed by atoms with Gasteiger partial charge in [-0.15, -0.1) is 22.7 Å². The number of benzene rings is 1. The van der Waals surface area contributed by atoms with Gasteiger partial charge in [-0.3, -0.25) is 14.2 Å². The number of carbonyl (C=O) groups is 1. The van der Waals surface area contributed by atoms with Gasteiger partial charge in [-0.2, -0.15) is 0 Å². The fraction of sp³-hybridized carbons (Fsp3) is 0.238. The summed E-state index contributed by atoms with van der Waals surface area (Å²) in [5.41, 5.74) is 1.64. The summed E-state index contributed by atoms with van der Waals surface area (Å²) < 4.78 is 1.58. The molecule has 2 N–H and O–H groups in total. The first-order valence-electron chi connectivity index (χ1n) is 9.96. The van der Waals surface area contributed by atoms with E-state index in [4.69, 9.17) is 16.6 Å². The zero-order valence-corrected chi connectivity index (χ0v) is 20.3. The first-order chi connectivity index (χ1) is 15.5. The monoisotopic (exact) mass is 504 g/mol. The predicted molar refractivity (Wildman–Crippen MR) is 131 cm³/mol. The molecule has 4 heterocycles. The fourth-order valence-electron chi connectivity index (χ4n) is 3.75. The largest absolute Gasteiger partial charge is 0.333 e. The van der Waals surface area contributed by atoms with Crippen molar-refractivity contribution in [3.8, 4) is 5.69 Å². The Balaban J connectivity index is 1.58. The second kappa shape index (κ2) is 8.95. The van der Waals surface area contributed by atoms with E-state index in [1.165, 1.54) is 32.9 Å². The lowest BCUT2D eigenvalue weighted by atomic mass is 10.1. The molecule has 1 amide bonds. The quantitative estimate of drug-likeness (QED) is 0.322. The number of anilines is 1. The minimum atomic E-state index is -0.201. The molecule has 1 unspecified atom stereocenters. The molecule has 32 heavy (non-hydrogen) atoms. The molecule has 0 bridgehead atoms. The first-order valence-corrected chi connectivity index (χ1v) is 13.0. The van der Waals surface area contributed by atoms with Crippen LogP contribution in [0.5, 0.6) is 0 Å². The van der Waals surface area contributed by atoms with Crippen molar-refractivity contribution in [3.63, 3.8) is 0 Å². The lowest BCUT2D eigenvalue weighted by molar-refractivity contribution is -0.895. The predicted octanol–water partition coefficient (Wildman–Crippen LogP) is 2.86. The van der Waals surface area contributed by atoms with Gasteiger partial charge in [-0.05, 0) is 23.8 Å². The Kier molecular flexibility index (Phi) is 6.04. The molecule has 1 atom stereocenters. The Morgan fingerprint density at radius 1 is 1.41 bits per heavy atom. The summed E-state index contributed by atoms with van der Waals surface area (Å²) in [6.45, 7) is 1.88. The van der Waals surface area contributed by atoms with Gasteiger partial charge in [0.1, 0.15) is 11.4 Å². The number of quaternary nitrogens is 1. The van der Waals surface area contributed by atoms with Gasteiger partial charge in [-0.1, -0.05) is 29.4 Å². The Labute approximate surface area is 201 Å². The first kappa shape index (κ1) is 21.6. The third kappa shape index (κ3) is 4.20. The van der Waals surface area contributed by atoms with Gasteiger partial charge in [0, 0.05) is 23.0 Å². The Morgan fingerprint density at radius 2 is 2.28 bits per heavy atom. The summed E-state index contributed by atoms with van der Waals surface area (Å²) in [6, 6.07) is 7.14. The summed E-state index contributed by atoms with van der Waals surface area (Å²) in [5, 5.41) is 6.80. The smallest absolute Gasteiger partial charge is 0.267 e. The maximum Gasteiger partial charge on any atom is 0.267 e. The molecule has 11 heteroatoms. The van der Waals surface area contributed by atoms with E-state index in [9.17, 15) is 9.59 Å². The van der Waals surface area contributed by atoms with Crippen molar-refractivity contribution in [2.45, 2.75) is 18.1 Å². The molecule has 0 fully saturated rings. The highest BCUT2D eigenvalue weighted by Crippen LogP contribution is 2.32. The number of nitrogens with one attached hydrogen (secondary N) is 2. The van der Waals surface area contributed by atoms with E-state index < -0.39 is 0 Å². The molecule has 5 rings (SSSR count). The number of thiophene rings is 1. The van der Waals surface area contributed by atoms with Gasteiger partial charge in [0.25, 0.3) is 5.56 Å². The molecule has 1 aliphatic rings. The van der Waals surface area contributed by atoms with Crippen molar-refractivity contribution in [1.82, 2.24) is 14.5 Å². The fourth-order valence-corrected chi connectivity index (χ4v) is 6.67. The number of aromatic nitrogens is 3. The number of thiazole rings is 1.